The summed E-state index contributed by atoms with van der Waals surface area (Å²) < 4.78 is 8.09. The molecule has 148 valence electrons. The first-order valence-electron chi connectivity index (χ1n) is 10.1. The van der Waals surface area contributed by atoms with Crippen LogP contribution in [0.2, 0.25) is 0 Å². The highest BCUT2D eigenvalue weighted by Gasteiger charge is 2.35. The number of hydrogen-bond acceptors (Lipinski definition) is 4. The van der Waals surface area contributed by atoms with Crippen LogP contribution in [0.15, 0.2) is 54.6 Å². The van der Waals surface area contributed by atoms with Gasteiger partial charge in [0.1, 0.15) is 11.6 Å². The van der Waals surface area contributed by atoms with E-state index in [0.717, 1.165) is 56.0 Å². The van der Waals surface area contributed by atoms with Crippen LogP contribution in [0.4, 0.5) is 0 Å². The van der Waals surface area contributed by atoms with Crippen molar-refractivity contribution in [1.29, 1.82) is 0 Å². The van der Waals surface area contributed by atoms with E-state index in [-0.39, 0.29) is 12.0 Å². The molecule has 1 N–H and O–H groups in total. The highest BCUT2D eigenvalue weighted by atomic mass is 16.5. The normalized spacial score (nSPS) is 20.5. The molecule has 1 aromatic heterocycles. The van der Waals surface area contributed by atoms with Crippen molar-refractivity contribution in [2.75, 3.05) is 26.3 Å². The number of nitrogens with zero attached hydrogens (tertiary/aromatic N) is 3. The van der Waals surface area contributed by atoms with Gasteiger partial charge >= 0.3 is 0 Å². The van der Waals surface area contributed by atoms with E-state index in [1.165, 1.54) is 5.52 Å². The zero-order valence-corrected chi connectivity index (χ0v) is 16.6. The van der Waals surface area contributed by atoms with Crippen molar-refractivity contribution in [3.05, 3.63) is 60.4 Å². The summed E-state index contributed by atoms with van der Waals surface area (Å²) >= 11 is 0. The predicted molar refractivity (Wildman–Crippen MR) is 111 cm³/mol. The third-order valence-corrected chi connectivity index (χ3v) is 5.96. The van der Waals surface area contributed by atoms with Crippen LogP contribution in [0.25, 0.3) is 11.0 Å². The summed E-state index contributed by atoms with van der Waals surface area (Å²) in [5.41, 5.74) is 2.11. The summed E-state index contributed by atoms with van der Waals surface area (Å²) in [7, 11) is 2.08. The number of ether oxygens (including phenoxy) is 1. The van der Waals surface area contributed by atoms with E-state index in [1.54, 1.807) is 0 Å². The minimum absolute atomic E-state index is 0.0996. The van der Waals surface area contributed by atoms with Gasteiger partial charge in [-0.1, -0.05) is 30.3 Å². The number of benzene rings is 2. The van der Waals surface area contributed by atoms with Gasteiger partial charge in [0.25, 0.3) is 0 Å². The molecule has 5 heteroatoms. The third kappa shape index (κ3) is 4.05. The summed E-state index contributed by atoms with van der Waals surface area (Å²) in [4.78, 5) is 7.25. The molecule has 2 heterocycles. The molecule has 3 aromatic rings. The van der Waals surface area contributed by atoms with E-state index >= 15 is 0 Å². The number of rotatable bonds is 7. The number of hydrogen-bond donors (Lipinski definition) is 1. The molecule has 2 aromatic carbocycles. The highest BCUT2D eigenvalue weighted by Crippen LogP contribution is 2.34. The number of imidazole rings is 1. The fraction of sp³-hybridized carbons (Fsp3) is 0.435. The summed E-state index contributed by atoms with van der Waals surface area (Å²) in [5, 5.41) is 10.2. The van der Waals surface area contributed by atoms with Crippen molar-refractivity contribution >= 4 is 11.0 Å². The van der Waals surface area contributed by atoms with Crippen LogP contribution in [-0.2, 0) is 13.6 Å². The molecule has 0 unspecified atom stereocenters. The Labute approximate surface area is 166 Å². The maximum atomic E-state index is 10.2. The standard InChI is InChI=1S/C23H29N3O2/c1-25-21-11-6-5-10-20(21)24-22(25)16-26-14-7-12-23(17-26,18-27)13-15-28-19-8-3-2-4-9-19/h2-6,8-11,27H,7,12-18H2,1H3/t23-/m1/s1. The Morgan fingerprint density at radius 3 is 2.68 bits per heavy atom. The van der Waals surface area contributed by atoms with E-state index in [9.17, 15) is 5.11 Å². The van der Waals surface area contributed by atoms with Crippen LogP contribution in [0, 0.1) is 5.41 Å². The second kappa shape index (κ2) is 8.33. The SMILES string of the molecule is Cn1c(CN2CCC[C@@](CO)(CCOc3ccccc3)C2)nc2ccccc21. The largest absolute Gasteiger partial charge is 0.494 e. The molecular weight excluding hydrogens is 350 g/mol. The topological polar surface area (TPSA) is 50.5 Å². The maximum Gasteiger partial charge on any atom is 0.123 e. The summed E-state index contributed by atoms with van der Waals surface area (Å²) in [6, 6.07) is 18.2. The lowest BCUT2D eigenvalue weighted by atomic mass is 9.78. The molecule has 0 aliphatic carbocycles. The van der Waals surface area contributed by atoms with Crippen molar-refractivity contribution in [3.63, 3.8) is 0 Å². The Hall–Kier alpha value is -2.37. The molecule has 0 saturated carbocycles. The van der Waals surface area contributed by atoms with Crippen molar-refractivity contribution in [2.45, 2.75) is 25.8 Å². The number of aliphatic hydroxyl groups excluding tert-OH is 1. The van der Waals surface area contributed by atoms with E-state index in [0.29, 0.717) is 6.61 Å². The Kier molecular flexibility index (Phi) is 5.64. The van der Waals surface area contributed by atoms with Gasteiger partial charge < -0.3 is 14.4 Å². The number of aryl methyl sites for hydroxylation is 1. The molecule has 0 radical (unpaired) electrons. The zero-order chi connectivity index (χ0) is 19.4. The van der Waals surface area contributed by atoms with Crippen LogP contribution in [0.3, 0.4) is 0 Å². The van der Waals surface area contributed by atoms with Gasteiger partial charge in [-0.25, -0.2) is 4.98 Å². The number of piperidine rings is 1. The lowest BCUT2D eigenvalue weighted by Crippen LogP contribution is -2.46. The first-order chi connectivity index (χ1) is 13.7. The molecular formula is C23H29N3O2. The minimum Gasteiger partial charge on any atom is -0.494 e. The minimum atomic E-state index is -0.0996. The van der Waals surface area contributed by atoms with Gasteiger partial charge in [-0.3, -0.25) is 4.90 Å². The van der Waals surface area contributed by atoms with Gasteiger partial charge in [0.05, 0.1) is 30.8 Å². The Morgan fingerprint density at radius 2 is 1.89 bits per heavy atom. The number of fused-ring (bicyclic) bond motifs is 1. The van der Waals surface area contributed by atoms with Gasteiger partial charge in [-0.05, 0) is 50.1 Å². The lowest BCUT2D eigenvalue weighted by Gasteiger charge is -2.41. The highest BCUT2D eigenvalue weighted by molar-refractivity contribution is 5.75. The maximum absolute atomic E-state index is 10.2. The van der Waals surface area contributed by atoms with Gasteiger partial charge in [-0.2, -0.15) is 0 Å². The number of aliphatic hydroxyl groups is 1. The molecule has 1 atom stereocenters. The summed E-state index contributed by atoms with van der Waals surface area (Å²) in [6.07, 6.45) is 2.99. The molecule has 1 aliphatic rings. The van der Waals surface area contributed by atoms with Gasteiger partial charge in [0.2, 0.25) is 0 Å². The van der Waals surface area contributed by atoms with E-state index in [4.69, 9.17) is 9.72 Å². The molecule has 5 nitrogen and oxygen atoms in total. The molecule has 1 aliphatic heterocycles. The lowest BCUT2D eigenvalue weighted by molar-refractivity contribution is 0.0117. The van der Waals surface area contributed by atoms with Crippen LogP contribution < -0.4 is 4.74 Å². The molecule has 1 fully saturated rings. The second-order valence-electron chi connectivity index (χ2n) is 7.96. The fourth-order valence-corrected chi connectivity index (χ4v) is 4.30. The Balaban J connectivity index is 1.40. The average molecular weight is 380 g/mol. The first-order valence-corrected chi connectivity index (χ1v) is 10.1. The molecule has 1 saturated heterocycles. The smallest absolute Gasteiger partial charge is 0.123 e. The van der Waals surface area contributed by atoms with Gasteiger partial charge in [-0.15, -0.1) is 0 Å². The monoisotopic (exact) mass is 379 g/mol. The van der Waals surface area contributed by atoms with Gasteiger partial charge in [0.15, 0.2) is 0 Å². The fourth-order valence-electron chi connectivity index (χ4n) is 4.30. The second-order valence-corrected chi connectivity index (χ2v) is 7.96. The summed E-state index contributed by atoms with van der Waals surface area (Å²) in [5.74, 6) is 1.97. The molecule has 4 rings (SSSR count). The van der Waals surface area contributed by atoms with Crippen LogP contribution in [0.5, 0.6) is 5.75 Å². The van der Waals surface area contributed by atoms with Crippen LogP contribution in [-0.4, -0.2) is 45.9 Å². The first kappa shape index (κ1) is 19.0. The number of likely N-dealkylation sites (tertiary alicyclic amines) is 1. The third-order valence-electron chi connectivity index (χ3n) is 5.96. The predicted octanol–water partition coefficient (Wildman–Crippen LogP) is 3.62. The average Bonchev–Trinajstić information content (AvgIpc) is 3.05. The Morgan fingerprint density at radius 1 is 1.11 bits per heavy atom. The van der Waals surface area contributed by atoms with Crippen molar-refractivity contribution in [1.82, 2.24) is 14.5 Å². The Bertz CT molecular complexity index is 909. The van der Waals surface area contributed by atoms with Crippen molar-refractivity contribution < 1.29 is 9.84 Å². The summed E-state index contributed by atoms with van der Waals surface area (Å²) in [6.45, 7) is 3.57. The van der Waals surface area contributed by atoms with Crippen LogP contribution >= 0.6 is 0 Å². The van der Waals surface area contributed by atoms with E-state index < -0.39 is 0 Å². The van der Waals surface area contributed by atoms with E-state index in [1.807, 2.05) is 36.4 Å². The molecule has 0 amide bonds. The molecule has 28 heavy (non-hydrogen) atoms. The quantitative estimate of drug-likeness (QED) is 0.681. The van der Waals surface area contributed by atoms with E-state index in [2.05, 4.69) is 34.7 Å². The number of aromatic nitrogens is 2. The number of para-hydroxylation sites is 3. The van der Waals surface area contributed by atoms with Crippen molar-refractivity contribution in [3.8, 4) is 5.75 Å². The van der Waals surface area contributed by atoms with Gasteiger partial charge in [0, 0.05) is 19.0 Å². The zero-order valence-electron chi connectivity index (χ0n) is 16.6. The molecule has 0 spiro atoms. The van der Waals surface area contributed by atoms with Crippen molar-refractivity contribution in [2.24, 2.45) is 12.5 Å². The van der Waals surface area contributed by atoms with Crippen LogP contribution in [0.1, 0.15) is 25.1 Å². The molecule has 0 bridgehead atoms.